The van der Waals surface area contributed by atoms with Gasteiger partial charge in [0.05, 0.1) is 30.9 Å². The van der Waals surface area contributed by atoms with Gasteiger partial charge in [0, 0.05) is 6.07 Å². The fraction of sp³-hybridized carbons (Fsp3) is 0.100. The van der Waals surface area contributed by atoms with Gasteiger partial charge in [0.25, 0.3) is 0 Å². The summed E-state index contributed by atoms with van der Waals surface area (Å²) in [4.78, 5) is 3.72. The Bertz CT molecular complexity index is 400. The van der Waals surface area contributed by atoms with E-state index in [1.807, 2.05) is 6.07 Å². The number of nitrogens with zero attached hydrogens (tertiary/aromatic N) is 1. The van der Waals surface area contributed by atoms with Gasteiger partial charge in [-0.25, -0.2) is 4.39 Å². The van der Waals surface area contributed by atoms with Crippen LogP contribution in [0.25, 0.3) is 0 Å². The summed E-state index contributed by atoms with van der Waals surface area (Å²) in [5.74, 6) is 0.448. The van der Waals surface area contributed by atoms with Gasteiger partial charge in [0.15, 0.2) is 0 Å². The highest BCUT2D eigenvalue weighted by Gasteiger charge is 1.97. The second kappa shape index (κ2) is 3.91. The molecule has 0 aliphatic carbocycles. The van der Waals surface area contributed by atoms with Crippen molar-refractivity contribution in [2.45, 2.75) is 6.54 Å². The lowest BCUT2D eigenvalue weighted by molar-refractivity contribution is 0.518. The van der Waals surface area contributed by atoms with Crippen LogP contribution in [0.4, 0.5) is 10.1 Å². The molecule has 2 aromatic rings. The van der Waals surface area contributed by atoms with Gasteiger partial charge < -0.3 is 9.73 Å². The number of pyridine rings is 1. The van der Waals surface area contributed by atoms with Gasteiger partial charge >= 0.3 is 0 Å². The molecule has 0 bridgehead atoms. The first kappa shape index (κ1) is 8.74. The largest absolute Gasteiger partial charge is 0.467 e. The molecule has 0 atom stereocenters. The van der Waals surface area contributed by atoms with Crippen molar-refractivity contribution < 1.29 is 8.81 Å². The van der Waals surface area contributed by atoms with Crippen LogP contribution < -0.4 is 5.32 Å². The average Bonchev–Trinajstić information content (AvgIpc) is 2.67. The molecule has 0 saturated heterocycles. The molecule has 2 aromatic heterocycles. The van der Waals surface area contributed by atoms with Crippen molar-refractivity contribution in [3.63, 3.8) is 0 Å². The van der Waals surface area contributed by atoms with Crippen molar-refractivity contribution >= 4 is 5.69 Å². The van der Waals surface area contributed by atoms with E-state index in [4.69, 9.17) is 4.42 Å². The Labute approximate surface area is 80.6 Å². The normalized spacial score (nSPS) is 10.1. The molecule has 3 nitrogen and oxygen atoms in total. The first-order valence-electron chi connectivity index (χ1n) is 4.21. The molecule has 2 heterocycles. The van der Waals surface area contributed by atoms with E-state index in [2.05, 4.69) is 10.3 Å². The summed E-state index contributed by atoms with van der Waals surface area (Å²) in [5, 5.41) is 2.99. The Morgan fingerprint density at radius 3 is 3.07 bits per heavy atom. The molecule has 0 fully saturated rings. The van der Waals surface area contributed by atoms with Crippen LogP contribution in [-0.4, -0.2) is 4.98 Å². The van der Waals surface area contributed by atoms with Gasteiger partial charge in [-0.15, -0.1) is 0 Å². The third-order valence-corrected chi connectivity index (χ3v) is 1.75. The molecule has 0 saturated carbocycles. The maximum absolute atomic E-state index is 12.7. The third kappa shape index (κ3) is 2.10. The number of furan rings is 1. The minimum atomic E-state index is -0.352. The Balaban J connectivity index is 1.98. The van der Waals surface area contributed by atoms with E-state index in [1.54, 1.807) is 18.5 Å². The fourth-order valence-electron chi connectivity index (χ4n) is 1.11. The first-order valence-corrected chi connectivity index (χ1v) is 4.21. The van der Waals surface area contributed by atoms with E-state index in [0.717, 1.165) is 12.0 Å². The summed E-state index contributed by atoms with van der Waals surface area (Å²) in [6.07, 6.45) is 4.32. The van der Waals surface area contributed by atoms with Gasteiger partial charge in [0.1, 0.15) is 11.6 Å². The topological polar surface area (TPSA) is 38.1 Å². The van der Waals surface area contributed by atoms with Crippen molar-refractivity contribution in [3.05, 3.63) is 48.4 Å². The molecule has 1 N–H and O–H groups in total. The van der Waals surface area contributed by atoms with Crippen LogP contribution in [0.5, 0.6) is 0 Å². The second-order valence-corrected chi connectivity index (χ2v) is 2.82. The SMILES string of the molecule is Fc1cncc(NCc2ccco2)c1. The Morgan fingerprint density at radius 1 is 1.43 bits per heavy atom. The monoisotopic (exact) mass is 192 g/mol. The lowest BCUT2D eigenvalue weighted by Gasteiger charge is -2.02. The number of hydrogen-bond donors (Lipinski definition) is 1. The van der Waals surface area contributed by atoms with E-state index >= 15 is 0 Å². The predicted molar refractivity (Wildman–Crippen MR) is 50.2 cm³/mol. The number of aromatic nitrogens is 1. The van der Waals surface area contributed by atoms with Crippen molar-refractivity contribution in [1.29, 1.82) is 0 Å². The summed E-state index contributed by atoms with van der Waals surface area (Å²) in [5.41, 5.74) is 0.640. The molecule has 72 valence electrons. The van der Waals surface area contributed by atoms with Crippen LogP contribution in [-0.2, 0) is 6.54 Å². The Morgan fingerprint density at radius 2 is 2.36 bits per heavy atom. The van der Waals surface area contributed by atoms with E-state index < -0.39 is 0 Å². The molecule has 2 rings (SSSR count). The highest BCUT2D eigenvalue weighted by molar-refractivity contribution is 5.40. The van der Waals surface area contributed by atoms with Crippen LogP contribution in [0.15, 0.2) is 41.3 Å². The van der Waals surface area contributed by atoms with Crippen molar-refractivity contribution in [2.24, 2.45) is 0 Å². The lowest BCUT2D eigenvalue weighted by atomic mass is 10.4. The number of halogens is 1. The zero-order chi connectivity index (χ0) is 9.80. The molecule has 0 spiro atoms. The van der Waals surface area contributed by atoms with Crippen LogP contribution in [0, 0.1) is 5.82 Å². The number of anilines is 1. The maximum Gasteiger partial charge on any atom is 0.143 e. The van der Waals surface area contributed by atoms with Crippen molar-refractivity contribution in [1.82, 2.24) is 4.98 Å². The summed E-state index contributed by atoms with van der Waals surface area (Å²) in [6, 6.07) is 5.04. The van der Waals surface area contributed by atoms with E-state index in [-0.39, 0.29) is 5.82 Å². The fourth-order valence-corrected chi connectivity index (χ4v) is 1.11. The molecule has 0 aliphatic rings. The van der Waals surface area contributed by atoms with Gasteiger partial charge in [-0.2, -0.15) is 0 Å². The molecule has 0 aliphatic heterocycles. The molecule has 0 aromatic carbocycles. The molecular weight excluding hydrogens is 183 g/mol. The van der Waals surface area contributed by atoms with Gasteiger partial charge in [0.2, 0.25) is 0 Å². The smallest absolute Gasteiger partial charge is 0.143 e. The third-order valence-electron chi connectivity index (χ3n) is 1.75. The summed E-state index contributed by atoms with van der Waals surface area (Å²) in [6.45, 7) is 0.526. The Kier molecular flexibility index (Phi) is 2.44. The number of rotatable bonds is 3. The summed E-state index contributed by atoms with van der Waals surface area (Å²) >= 11 is 0. The lowest BCUT2D eigenvalue weighted by Crippen LogP contribution is -1.98. The van der Waals surface area contributed by atoms with Crippen LogP contribution in [0.2, 0.25) is 0 Å². The number of nitrogens with one attached hydrogen (secondary N) is 1. The van der Waals surface area contributed by atoms with Crippen LogP contribution >= 0.6 is 0 Å². The second-order valence-electron chi connectivity index (χ2n) is 2.82. The molecule has 0 radical (unpaired) electrons. The number of hydrogen-bond acceptors (Lipinski definition) is 3. The first-order chi connectivity index (χ1) is 6.84. The van der Waals surface area contributed by atoms with Gasteiger partial charge in [-0.05, 0) is 12.1 Å². The highest BCUT2D eigenvalue weighted by atomic mass is 19.1. The molecule has 4 heteroatoms. The van der Waals surface area contributed by atoms with Gasteiger partial charge in [-0.3, -0.25) is 4.98 Å². The van der Waals surface area contributed by atoms with Gasteiger partial charge in [-0.1, -0.05) is 0 Å². The van der Waals surface area contributed by atoms with Crippen molar-refractivity contribution in [3.8, 4) is 0 Å². The van der Waals surface area contributed by atoms with Crippen LogP contribution in [0.3, 0.4) is 0 Å². The minimum Gasteiger partial charge on any atom is -0.467 e. The minimum absolute atomic E-state index is 0.352. The molecular formula is C10H9FN2O. The van der Waals surface area contributed by atoms with E-state index in [0.29, 0.717) is 12.2 Å². The quantitative estimate of drug-likeness (QED) is 0.811. The summed E-state index contributed by atoms with van der Waals surface area (Å²) < 4.78 is 17.8. The standard InChI is InChI=1S/C10H9FN2O/c11-8-4-9(6-12-5-8)13-7-10-2-1-3-14-10/h1-6,13H,7H2. The van der Waals surface area contributed by atoms with Crippen molar-refractivity contribution in [2.75, 3.05) is 5.32 Å². The molecule has 0 unspecified atom stereocenters. The highest BCUT2D eigenvalue weighted by Crippen LogP contribution is 2.09. The predicted octanol–water partition coefficient (Wildman–Crippen LogP) is 2.43. The maximum atomic E-state index is 12.7. The Hall–Kier alpha value is -1.84. The zero-order valence-corrected chi connectivity index (χ0v) is 7.40. The average molecular weight is 192 g/mol. The zero-order valence-electron chi connectivity index (χ0n) is 7.40. The molecule has 0 amide bonds. The van der Waals surface area contributed by atoms with E-state index in [1.165, 1.54) is 6.07 Å². The molecule has 14 heavy (non-hydrogen) atoms. The van der Waals surface area contributed by atoms with Crippen LogP contribution in [0.1, 0.15) is 5.76 Å². The van der Waals surface area contributed by atoms with E-state index in [9.17, 15) is 4.39 Å². The summed E-state index contributed by atoms with van der Waals surface area (Å²) in [7, 11) is 0.